The first-order valence-corrected chi connectivity index (χ1v) is 6.85. The molecular weight excluding hydrogens is 256 g/mol. The van der Waals surface area contributed by atoms with Crippen molar-refractivity contribution in [2.75, 3.05) is 0 Å². The lowest BCUT2D eigenvalue weighted by molar-refractivity contribution is 0.0496. The van der Waals surface area contributed by atoms with Crippen LogP contribution in [0.1, 0.15) is 31.2 Å². The molecule has 3 rings (SSSR count). The molecule has 2 aliphatic rings. The average molecular weight is 272 g/mol. The normalized spacial score (nSPS) is 27.9. The van der Waals surface area contributed by atoms with Crippen molar-refractivity contribution in [3.05, 3.63) is 29.8 Å². The third-order valence-corrected chi connectivity index (χ3v) is 4.20. The number of hydrogen-bond acceptors (Lipinski definition) is 3. The third-order valence-electron chi connectivity index (χ3n) is 4.20. The summed E-state index contributed by atoms with van der Waals surface area (Å²) in [6.45, 7) is 0. The van der Waals surface area contributed by atoms with E-state index in [0.717, 1.165) is 31.4 Å². The van der Waals surface area contributed by atoms with Gasteiger partial charge in [-0.3, -0.25) is 0 Å². The quantitative estimate of drug-likeness (QED) is 0.898. The van der Waals surface area contributed by atoms with E-state index in [4.69, 9.17) is 10.00 Å². The molecule has 1 N–H and O–H groups in total. The van der Waals surface area contributed by atoms with Gasteiger partial charge in [-0.05, 0) is 37.1 Å². The number of hydrogen-bond donors (Lipinski definition) is 1. The number of rotatable bonds is 2. The van der Waals surface area contributed by atoms with E-state index in [1.807, 2.05) is 0 Å². The van der Waals surface area contributed by atoms with Crippen LogP contribution in [0.25, 0.3) is 0 Å². The largest absolute Gasteiger partial charge is 0.490 e. The maximum atomic E-state index is 11.2. The standard InChI is InChI=1S/C15H16N2O3/c16-9-10-1-5-13(6-2-10)20-14-7-11-3-4-12(8-14)17(11)15(18)19/h1-2,5-6,11-12,14H,3-4,7-8H2,(H,18,19)/t11-,12+,14+. The molecule has 0 unspecified atom stereocenters. The highest BCUT2D eigenvalue weighted by atomic mass is 16.5. The number of amides is 1. The van der Waals surface area contributed by atoms with Crippen molar-refractivity contribution in [3.63, 3.8) is 0 Å². The van der Waals surface area contributed by atoms with Crippen LogP contribution >= 0.6 is 0 Å². The lowest BCUT2D eigenvalue weighted by atomic mass is 10.0. The molecule has 2 saturated heterocycles. The molecule has 2 bridgehead atoms. The summed E-state index contributed by atoms with van der Waals surface area (Å²) in [6, 6.07) is 9.31. The van der Waals surface area contributed by atoms with Crippen LogP contribution in [-0.2, 0) is 0 Å². The molecule has 0 radical (unpaired) electrons. The Morgan fingerprint density at radius 1 is 1.25 bits per heavy atom. The van der Waals surface area contributed by atoms with Crippen molar-refractivity contribution in [2.24, 2.45) is 0 Å². The Balaban J connectivity index is 1.66. The maximum Gasteiger partial charge on any atom is 0.407 e. The Bertz CT molecular complexity index is 535. The minimum Gasteiger partial charge on any atom is -0.490 e. The van der Waals surface area contributed by atoms with E-state index in [1.54, 1.807) is 29.2 Å². The van der Waals surface area contributed by atoms with Crippen LogP contribution in [0.15, 0.2) is 24.3 Å². The molecule has 1 aromatic carbocycles. The minimum atomic E-state index is -0.811. The molecule has 2 aliphatic heterocycles. The molecule has 1 amide bonds. The summed E-state index contributed by atoms with van der Waals surface area (Å²) in [6.07, 6.45) is 2.63. The molecule has 20 heavy (non-hydrogen) atoms. The van der Waals surface area contributed by atoms with E-state index in [0.29, 0.717) is 5.56 Å². The number of carbonyl (C=O) groups is 1. The lowest BCUT2D eigenvalue weighted by Gasteiger charge is -2.37. The first-order valence-electron chi connectivity index (χ1n) is 6.85. The van der Waals surface area contributed by atoms with Crippen molar-refractivity contribution in [1.82, 2.24) is 4.90 Å². The van der Waals surface area contributed by atoms with E-state index in [1.165, 1.54) is 0 Å². The third kappa shape index (κ3) is 2.29. The van der Waals surface area contributed by atoms with E-state index < -0.39 is 6.09 Å². The van der Waals surface area contributed by atoms with Crippen LogP contribution in [0, 0.1) is 11.3 Å². The molecule has 2 heterocycles. The molecule has 0 saturated carbocycles. The van der Waals surface area contributed by atoms with Crippen molar-refractivity contribution in [3.8, 4) is 11.8 Å². The number of benzene rings is 1. The zero-order chi connectivity index (χ0) is 14.1. The minimum absolute atomic E-state index is 0.0658. The van der Waals surface area contributed by atoms with E-state index >= 15 is 0 Å². The highest BCUT2D eigenvalue weighted by Gasteiger charge is 2.44. The van der Waals surface area contributed by atoms with Gasteiger partial charge in [0.15, 0.2) is 0 Å². The van der Waals surface area contributed by atoms with Crippen LogP contribution in [0.2, 0.25) is 0 Å². The Morgan fingerprint density at radius 2 is 1.85 bits per heavy atom. The SMILES string of the molecule is N#Cc1ccc(O[C@H]2C[C@H]3CC[C@@H](C2)N3C(=O)O)cc1. The monoisotopic (exact) mass is 272 g/mol. The van der Waals surface area contributed by atoms with Crippen LogP contribution in [0.3, 0.4) is 0 Å². The maximum absolute atomic E-state index is 11.2. The van der Waals surface area contributed by atoms with Gasteiger partial charge in [0.05, 0.1) is 11.6 Å². The molecule has 1 aromatic rings. The molecule has 3 atom stereocenters. The van der Waals surface area contributed by atoms with Gasteiger partial charge in [-0.1, -0.05) is 0 Å². The van der Waals surface area contributed by atoms with Crippen LogP contribution in [0.5, 0.6) is 5.75 Å². The molecule has 0 aliphatic carbocycles. The Hall–Kier alpha value is -2.22. The number of nitrogens with zero attached hydrogens (tertiary/aromatic N) is 2. The van der Waals surface area contributed by atoms with Gasteiger partial charge in [0.2, 0.25) is 0 Å². The van der Waals surface area contributed by atoms with E-state index in [2.05, 4.69) is 6.07 Å². The van der Waals surface area contributed by atoms with Crippen LogP contribution in [0.4, 0.5) is 4.79 Å². The lowest BCUT2D eigenvalue weighted by Crippen LogP contribution is -2.48. The summed E-state index contributed by atoms with van der Waals surface area (Å²) < 4.78 is 5.93. The average Bonchev–Trinajstić information content (AvgIpc) is 2.72. The second kappa shape index (κ2) is 5.04. The zero-order valence-corrected chi connectivity index (χ0v) is 11.0. The zero-order valence-electron chi connectivity index (χ0n) is 11.0. The highest BCUT2D eigenvalue weighted by Crippen LogP contribution is 2.37. The number of piperidine rings is 1. The molecule has 104 valence electrons. The second-order valence-electron chi connectivity index (χ2n) is 5.42. The van der Waals surface area contributed by atoms with Gasteiger partial charge in [0.1, 0.15) is 11.9 Å². The second-order valence-corrected chi connectivity index (χ2v) is 5.42. The fraction of sp³-hybridized carbons (Fsp3) is 0.467. The van der Waals surface area contributed by atoms with Gasteiger partial charge in [0, 0.05) is 24.9 Å². The van der Waals surface area contributed by atoms with Crippen LogP contribution < -0.4 is 4.74 Å². The fourth-order valence-electron chi connectivity index (χ4n) is 3.34. The molecule has 5 nitrogen and oxygen atoms in total. The van der Waals surface area contributed by atoms with Gasteiger partial charge < -0.3 is 14.7 Å². The summed E-state index contributed by atoms with van der Waals surface area (Å²) in [7, 11) is 0. The molecular formula is C15H16N2O3. The number of nitriles is 1. The summed E-state index contributed by atoms with van der Waals surface area (Å²) in [4.78, 5) is 12.8. The topological polar surface area (TPSA) is 73.6 Å². The Morgan fingerprint density at radius 3 is 2.35 bits per heavy atom. The fourth-order valence-corrected chi connectivity index (χ4v) is 3.34. The summed E-state index contributed by atoms with van der Waals surface area (Å²) >= 11 is 0. The van der Waals surface area contributed by atoms with Crippen molar-refractivity contribution in [1.29, 1.82) is 5.26 Å². The summed E-state index contributed by atoms with van der Waals surface area (Å²) in [5.41, 5.74) is 0.609. The highest BCUT2D eigenvalue weighted by molar-refractivity contribution is 5.66. The van der Waals surface area contributed by atoms with Crippen molar-refractivity contribution in [2.45, 2.75) is 43.9 Å². The first-order chi connectivity index (χ1) is 9.67. The van der Waals surface area contributed by atoms with Gasteiger partial charge in [-0.2, -0.15) is 5.26 Å². The number of ether oxygens (including phenoxy) is 1. The molecule has 0 spiro atoms. The van der Waals surface area contributed by atoms with E-state index in [9.17, 15) is 9.90 Å². The van der Waals surface area contributed by atoms with Crippen LogP contribution in [-0.4, -0.2) is 34.3 Å². The van der Waals surface area contributed by atoms with Gasteiger partial charge in [-0.25, -0.2) is 4.79 Å². The predicted octanol–water partition coefficient (Wildman–Crippen LogP) is 2.61. The van der Waals surface area contributed by atoms with Gasteiger partial charge in [0.25, 0.3) is 0 Å². The summed E-state index contributed by atoms with van der Waals surface area (Å²) in [5.74, 6) is 0.747. The summed E-state index contributed by atoms with van der Waals surface area (Å²) in [5, 5.41) is 18.0. The molecule has 0 aromatic heterocycles. The molecule has 2 fully saturated rings. The van der Waals surface area contributed by atoms with E-state index in [-0.39, 0.29) is 18.2 Å². The Kier molecular flexibility index (Phi) is 3.23. The van der Waals surface area contributed by atoms with Crippen molar-refractivity contribution < 1.29 is 14.6 Å². The number of fused-ring (bicyclic) bond motifs is 2. The van der Waals surface area contributed by atoms with Crippen molar-refractivity contribution >= 4 is 6.09 Å². The predicted molar refractivity (Wildman–Crippen MR) is 71.5 cm³/mol. The first kappa shape index (κ1) is 12.8. The smallest absolute Gasteiger partial charge is 0.407 e. The molecule has 5 heteroatoms. The van der Waals surface area contributed by atoms with Gasteiger partial charge in [-0.15, -0.1) is 0 Å². The van der Waals surface area contributed by atoms with Gasteiger partial charge >= 0.3 is 6.09 Å². The number of carboxylic acid groups (broad SMARTS) is 1. The Labute approximate surface area is 117 Å².